The van der Waals surface area contributed by atoms with Crippen LogP contribution in [0.5, 0.6) is 0 Å². The lowest BCUT2D eigenvalue weighted by molar-refractivity contribution is 0.609. The van der Waals surface area contributed by atoms with Crippen molar-refractivity contribution in [1.82, 2.24) is 14.8 Å². The Kier molecular flexibility index (Phi) is 3.50. The summed E-state index contributed by atoms with van der Waals surface area (Å²) in [6, 6.07) is 3.67. The molecule has 0 aliphatic heterocycles. The predicted molar refractivity (Wildman–Crippen MR) is 66.3 cm³/mol. The minimum Gasteiger partial charge on any atom is -0.265 e. The standard InChI is InChI=1S/C9H7BrClN3O2S/c10-7-1-2-8(12-3-7)5-14-6-9(4-13-14)17(11,15)16/h1-4,6H,5H2. The van der Waals surface area contributed by atoms with E-state index >= 15 is 0 Å². The van der Waals surface area contributed by atoms with Gasteiger partial charge >= 0.3 is 0 Å². The molecule has 2 aromatic rings. The van der Waals surface area contributed by atoms with Gasteiger partial charge in [-0.1, -0.05) is 0 Å². The number of pyridine rings is 1. The lowest BCUT2D eigenvalue weighted by atomic mass is 10.3. The van der Waals surface area contributed by atoms with Crippen molar-refractivity contribution in [2.24, 2.45) is 0 Å². The molecule has 17 heavy (non-hydrogen) atoms. The number of hydrogen-bond acceptors (Lipinski definition) is 4. The molecule has 0 fully saturated rings. The van der Waals surface area contributed by atoms with Crippen LogP contribution in [0.1, 0.15) is 5.69 Å². The first kappa shape index (κ1) is 12.5. The van der Waals surface area contributed by atoms with Crippen LogP contribution in [-0.2, 0) is 15.6 Å². The highest BCUT2D eigenvalue weighted by atomic mass is 79.9. The normalized spacial score (nSPS) is 11.6. The Balaban J connectivity index is 2.20. The molecule has 0 aromatic carbocycles. The summed E-state index contributed by atoms with van der Waals surface area (Å²) < 4.78 is 24.4. The first-order chi connectivity index (χ1) is 7.95. The number of halogens is 2. The smallest absolute Gasteiger partial charge is 0.264 e. The second-order valence-electron chi connectivity index (χ2n) is 3.28. The number of nitrogens with zero attached hydrogens (tertiary/aromatic N) is 3. The highest BCUT2D eigenvalue weighted by Crippen LogP contribution is 2.14. The van der Waals surface area contributed by atoms with Crippen LogP contribution in [0.25, 0.3) is 0 Å². The van der Waals surface area contributed by atoms with Crippen LogP contribution in [-0.4, -0.2) is 23.2 Å². The van der Waals surface area contributed by atoms with Gasteiger partial charge in [0, 0.05) is 27.5 Å². The largest absolute Gasteiger partial charge is 0.265 e. The van der Waals surface area contributed by atoms with Gasteiger partial charge in [-0.25, -0.2) is 8.42 Å². The molecule has 0 aliphatic carbocycles. The number of aromatic nitrogens is 3. The molecule has 0 atom stereocenters. The zero-order valence-corrected chi connectivity index (χ0v) is 11.6. The fraction of sp³-hybridized carbons (Fsp3) is 0.111. The minimum absolute atomic E-state index is 0.0173. The summed E-state index contributed by atoms with van der Waals surface area (Å²) in [4.78, 5) is 4.14. The van der Waals surface area contributed by atoms with Gasteiger partial charge in [0.15, 0.2) is 0 Å². The molecule has 0 bridgehead atoms. The SMILES string of the molecule is O=S(=O)(Cl)c1cnn(Cc2ccc(Br)cn2)c1. The van der Waals surface area contributed by atoms with E-state index in [9.17, 15) is 8.42 Å². The number of rotatable bonds is 3. The molecule has 0 unspecified atom stereocenters. The van der Waals surface area contributed by atoms with E-state index in [2.05, 4.69) is 26.0 Å². The van der Waals surface area contributed by atoms with E-state index in [0.717, 1.165) is 10.2 Å². The van der Waals surface area contributed by atoms with Gasteiger partial charge in [0.25, 0.3) is 9.05 Å². The Morgan fingerprint density at radius 1 is 1.35 bits per heavy atom. The summed E-state index contributed by atoms with van der Waals surface area (Å²) >= 11 is 3.28. The third-order valence-corrected chi connectivity index (χ3v) is 3.78. The van der Waals surface area contributed by atoms with Gasteiger partial charge in [-0.05, 0) is 28.1 Å². The molecule has 0 saturated heterocycles. The minimum atomic E-state index is -3.72. The van der Waals surface area contributed by atoms with Gasteiger partial charge in [-0.3, -0.25) is 9.67 Å². The van der Waals surface area contributed by atoms with Crippen LogP contribution in [0.2, 0.25) is 0 Å². The summed E-state index contributed by atoms with van der Waals surface area (Å²) in [6.45, 7) is 0.389. The van der Waals surface area contributed by atoms with Crippen molar-refractivity contribution in [3.05, 3.63) is 40.9 Å². The van der Waals surface area contributed by atoms with Crippen molar-refractivity contribution >= 4 is 35.7 Å². The van der Waals surface area contributed by atoms with Gasteiger partial charge in [0.1, 0.15) is 4.90 Å². The van der Waals surface area contributed by atoms with Gasteiger partial charge in [-0.2, -0.15) is 5.10 Å². The average Bonchev–Trinajstić information content (AvgIpc) is 2.69. The fourth-order valence-electron chi connectivity index (χ4n) is 1.22. The predicted octanol–water partition coefficient (Wildman–Crippen LogP) is 2.02. The monoisotopic (exact) mass is 335 g/mol. The van der Waals surface area contributed by atoms with Gasteiger partial charge < -0.3 is 0 Å². The third kappa shape index (κ3) is 3.27. The van der Waals surface area contributed by atoms with Gasteiger partial charge in [0.2, 0.25) is 0 Å². The summed E-state index contributed by atoms with van der Waals surface area (Å²) in [5.74, 6) is 0. The number of hydrogen-bond donors (Lipinski definition) is 0. The van der Waals surface area contributed by atoms with E-state index < -0.39 is 9.05 Å². The van der Waals surface area contributed by atoms with Gasteiger partial charge in [0.05, 0.1) is 18.4 Å². The van der Waals surface area contributed by atoms with E-state index in [1.54, 1.807) is 6.20 Å². The first-order valence-electron chi connectivity index (χ1n) is 4.53. The lowest BCUT2D eigenvalue weighted by Gasteiger charge is -2.00. The summed E-state index contributed by atoms with van der Waals surface area (Å²) in [5.41, 5.74) is 0.773. The molecular weight excluding hydrogens is 330 g/mol. The molecule has 5 nitrogen and oxygen atoms in total. The van der Waals surface area contributed by atoms with Crippen molar-refractivity contribution in [3.63, 3.8) is 0 Å². The molecule has 0 N–H and O–H groups in total. The van der Waals surface area contributed by atoms with Crippen LogP contribution in [0.4, 0.5) is 0 Å². The zero-order chi connectivity index (χ0) is 12.5. The van der Waals surface area contributed by atoms with E-state index in [4.69, 9.17) is 10.7 Å². The van der Waals surface area contributed by atoms with E-state index in [-0.39, 0.29) is 4.90 Å². The molecule has 2 aromatic heterocycles. The van der Waals surface area contributed by atoms with E-state index in [0.29, 0.717) is 6.54 Å². The maximum Gasteiger partial charge on any atom is 0.264 e. The van der Waals surface area contributed by atoms with Crippen molar-refractivity contribution in [1.29, 1.82) is 0 Å². The first-order valence-corrected chi connectivity index (χ1v) is 7.63. The molecule has 0 saturated carbocycles. The Hall–Kier alpha value is -0.920. The van der Waals surface area contributed by atoms with Crippen molar-refractivity contribution < 1.29 is 8.42 Å². The maximum atomic E-state index is 11.0. The molecule has 0 spiro atoms. The Bertz CT molecular complexity index is 624. The quantitative estimate of drug-likeness (QED) is 0.804. The average molecular weight is 337 g/mol. The fourth-order valence-corrected chi connectivity index (χ4v) is 2.12. The summed E-state index contributed by atoms with van der Waals surface area (Å²) in [5, 5.41) is 3.90. The molecular formula is C9H7BrClN3O2S. The van der Waals surface area contributed by atoms with Crippen molar-refractivity contribution in [3.8, 4) is 0 Å². The van der Waals surface area contributed by atoms with Crippen LogP contribution < -0.4 is 0 Å². The Morgan fingerprint density at radius 2 is 2.12 bits per heavy atom. The lowest BCUT2D eigenvalue weighted by Crippen LogP contribution is -2.01. The third-order valence-electron chi connectivity index (χ3n) is 2.00. The van der Waals surface area contributed by atoms with Crippen LogP contribution in [0.3, 0.4) is 0 Å². The Morgan fingerprint density at radius 3 is 2.65 bits per heavy atom. The van der Waals surface area contributed by atoms with Crippen molar-refractivity contribution in [2.75, 3.05) is 0 Å². The van der Waals surface area contributed by atoms with Crippen LogP contribution >= 0.6 is 26.6 Å². The summed E-state index contributed by atoms with van der Waals surface area (Å²) in [7, 11) is 1.47. The molecule has 0 radical (unpaired) electrons. The van der Waals surface area contributed by atoms with E-state index in [1.165, 1.54) is 17.1 Å². The van der Waals surface area contributed by atoms with Crippen LogP contribution in [0, 0.1) is 0 Å². The maximum absolute atomic E-state index is 11.0. The second-order valence-corrected chi connectivity index (χ2v) is 6.76. The highest BCUT2D eigenvalue weighted by molar-refractivity contribution is 9.10. The Labute approximate surface area is 111 Å². The van der Waals surface area contributed by atoms with Gasteiger partial charge in [-0.15, -0.1) is 0 Å². The van der Waals surface area contributed by atoms with Crippen LogP contribution in [0.15, 0.2) is 40.1 Å². The molecule has 90 valence electrons. The molecule has 0 aliphatic rings. The topological polar surface area (TPSA) is 64.8 Å². The molecule has 0 amide bonds. The van der Waals surface area contributed by atoms with E-state index in [1.807, 2.05) is 12.1 Å². The zero-order valence-electron chi connectivity index (χ0n) is 8.42. The second kappa shape index (κ2) is 4.75. The summed E-state index contributed by atoms with van der Waals surface area (Å²) in [6.07, 6.45) is 4.24. The van der Waals surface area contributed by atoms with Crippen molar-refractivity contribution in [2.45, 2.75) is 11.4 Å². The molecule has 2 heterocycles. The highest BCUT2D eigenvalue weighted by Gasteiger charge is 2.12. The molecule has 8 heteroatoms. The molecule has 2 rings (SSSR count).